The molecule has 0 aliphatic carbocycles. The van der Waals surface area contributed by atoms with E-state index in [1.165, 1.54) is 12.1 Å². The maximum absolute atomic E-state index is 14.6. The van der Waals surface area contributed by atoms with Crippen molar-refractivity contribution in [1.29, 1.82) is 0 Å². The first kappa shape index (κ1) is 23.5. The van der Waals surface area contributed by atoms with Crippen LogP contribution in [0, 0.1) is 5.82 Å². The number of H-pyrrole nitrogens is 2. The van der Waals surface area contributed by atoms with E-state index >= 15 is 0 Å². The summed E-state index contributed by atoms with van der Waals surface area (Å²) in [5, 5.41) is 11.6. The van der Waals surface area contributed by atoms with Crippen LogP contribution in [0.4, 0.5) is 15.8 Å². The molecule has 0 aliphatic rings. The van der Waals surface area contributed by atoms with Gasteiger partial charge in [0, 0.05) is 53.9 Å². The number of aromatic amines is 2. The van der Waals surface area contributed by atoms with Gasteiger partial charge in [-0.15, -0.1) is 0 Å². The average molecular weight is 509 g/mol. The van der Waals surface area contributed by atoms with Gasteiger partial charge in [-0.05, 0) is 50.0 Å². The summed E-state index contributed by atoms with van der Waals surface area (Å²) >= 11 is 0. The molecule has 6 aromatic rings. The number of benzene rings is 1. The lowest BCUT2D eigenvalue weighted by Gasteiger charge is -2.12. The zero-order valence-electron chi connectivity index (χ0n) is 20.8. The maximum atomic E-state index is 14.6. The van der Waals surface area contributed by atoms with E-state index in [1.807, 2.05) is 32.3 Å². The predicted octanol–water partition coefficient (Wildman–Crippen LogP) is 4.32. The minimum Gasteiger partial charge on any atom is -0.397 e. The summed E-state index contributed by atoms with van der Waals surface area (Å²) in [5.74, 6) is 0.223. The number of hydrogen-bond acceptors (Lipinski definition) is 8. The van der Waals surface area contributed by atoms with Gasteiger partial charge in [0.05, 0.1) is 40.3 Å². The molecule has 5 aromatic heterocycles. The minimum atomic E-state index is -0.336. The monoisotopic (exact) mass is 508 g/mol. The Morgan fingerprint density at radius 2 is 1.82 bits per heavy atom. The van der Waals surface area contributed by atoms with Crippen LogP contribution in [0.1, 0.15) is 0 Å². The van der Waals surface area contributed by atoms with Crippen LogP contribution < -0.4 is 11.1 Å². The molecule has 11 heteroatoms. The van der Waals surface area contributed by atoms with Gasteiger partial charge in [-0.1, -0.05) is 0 Å². The van der Waals surface area contributed by atoms with Crippen LogP contribution in [0.5, 0.6) is 0 Å². The van der Waals surface area contributed by atoms with Gasteiger partial charge in [0.15, 0.2) is 5.82 Å². The molecule has 5 N–H and O–H groups in total. The number of nitrogens with zero attached hydrogens (tertiary/aromatic N) is 6. The van der Waals surface area contributed by atoms with E-state index < -0.39 is 0 Å². The molecule has 0 aliphatic heterocycles. The molecule has 0 saturated heterocycles. The second kappa shape index (κ2) is 9.52. The number of nitrogens with two attached hydrogens (primary N) is 1. The standard InChI is InChI=1S/C27H25FN10/c1-38(2)4-3-32-19-7-15(5-17(28)8-19)21-12-31-13-24-25(21)35-27(34-24)26-20-9-22(33-14-23(20)36-37-26)16-6-18(29)11-30-10-16/h5-14,32H,3-4,29H2,1-2H3,(H,34,35)(H,36,37). The summed E-state index contributed by atoms with van der Waals surface area (Å²) in [6, 6.07) is 8.63. The van der Waals surface area contributed by atoms with Gasteiger partial charge in [-0.25, -0.2) is 9.37 Å². The number of nitrogens with one attached hydrogen (secondary N) is 3. The molecule has 38 heavy (non-hydrogen) atoms. The van der Waals surface area contributed by atoms with Crippen LogP contribution in [-0.4, -0.2) is 67.2 Å². The van der Waals surface area contributed by atoms with E-state index in [0.29, 0.717) is 57.3 Å². The van der Waals surface area contributed by atoms with Gasteiger partial charge >= 0.3 is 0 Å². The van der Waals surface area contributed by atoms with Crippen molar-refractivity contribution in [3.8, 4) is 33.9 Å². The topological polar surface area (TPSA) is 137 Å². The Morgan fingerprint density at radius 3 is 2.66 bits per heavy atom. The van der Waals surface area contributed by atoms with Crippen molar-refractivity contribution in [2.45, 2.75) is 0 Å². The number of fused-ring (bicyclic) bond motifs is 2. The van der Waals surface area contributed by atoms with Gasteiger partial charge < -0.3 is 20.9 Å². The van der Waals surface area contributed by atoms with Gasteiger partial charge in [0.1, 0.15) is 11.5 Å². The highest BCUT2D eigenvalue weighted by molar-refractivity contribution is 5.97. The fraction of sp³-hybridized carbons (Fsp3) is 0.148. The number of likely N-dealkylation sites (N-methyl/N-ethyl adjacent to an activating group) is 1. The summed E-state index contributed by atoms with van der Waals surface area (Å²) in [6.07, 6.45) is 8.42. The van der Waals surface area contributed by atoms with E-state index in [9.17, 15) is 4.39 Å². The summed E-state index contributed by atoms with van der Waals surface area (Å²) in [7, 11) is 3.99. The number of pyridine rings is 3. The van der Waals surface area contributed by atoms with E-state index in [1.54, 1.807) is 31.0 Å². The lowest BCUT2D eigenvalue weighted by Crippen LogP contribution is -2.20. The first-order valence-corrected chi connectivity index (χ1v) is 12.0. The predicted molar refractivity (Wildman–Crippen MR) is 147 cm³/mol. The number of halogens is 1. The van der Waals surface area contributed by atoms with E-state index in [4.69, 9.17) is 10.7 Å². The van der Waals surface area contributed by atoms with Crippen LogP contribution in [0.2, 0.25) is 0 Å². The third kappa shape index (κ3) is 4.50. The van der Waals surface area contributed by atoms with Crippen molar-refractivity contribution in [1.82, 2.24) is 40.0 Å². The van der Waals surface area contributed by atoms with Crippen LogP contribution in [0.3, 0.4) is 0 Å². The molecule has 0 bridgehead atoms. The number of rotatable bonds is 7. The Labute approximate surface area is 217 Å². The van der Waals surface area contributed by atoms with E-state index in [0.717, 1.165) is 23.0 Å². The van der Waals surface area contributed by atoms with Crippen molar-refractivity contribution in [2.75, 3.05) is 38.2 Å². The number of nitrogen functional groups attached to an aromatic ring is 1. The lowest BCUT2D eigenvalue weighted by atomic mass is 10.1. The summed E-state index contributed by atoms with van der Waals surface area (Å²) < 4.78 is 14.6. The molecule has 0 saturated carbocycles. The van der Waals surface area contributed by atoms with Crippen LogP contribution in [-0.2, 0) is 0 Å². The molecule has 0 radical (unpaired) electrons. The second-order valence-electron chi connectivity index (χ2n) is 9.32. The molecule has 0 fully saturated rings. The lowest BCUT2D eigenvalue weighted by molar-refractivity contribution is 0.425. The Kier molecular flexibility index (Phi) is 5.89. The number of imidazole rings is 1. The smallest absolute Gasteiger partial charge is 0.159 e. The number of aromatic nitrogens is 7. The molecule has 0 unspecified atom stereocenters. The Bertz CT molecular complexity index is 1770. The summed E-state index contributed by atoms with van der Waals surface area (Å²) in [6.45, 7) is 1.52. The van der Waals surface area contributed by atoms with Crippen molar-refractivity contribution in [2.24, 2.45) is 0 Å². The van der Waals surface area contributed by atoms with Gasteiger partial charge in [0.2, 0.25) is 0 Å². The van der Waals surface area contributed by atoms with Crippen molar-refractivity contribution in [3.63, 3.8) is 0 Å². The zero-order valence-corrected chi connectivity index (χ0v) is 20.8. The molecule has 5 heterocycles. The Hall–Kier alpha value is -4.90. The van der Waals surface area contributed by atoms with Crippen molar-refractivity contribution >= 4 is 33.3 Å². The van der Waals surface area contributed by atoms with Gasteiger partial charge in [-0.3, -0.25) is 20.1 Å². The second-order valence-corrected chi connectivity index (χ2v) is 9.32. The molecule has 0 atom stereocenters. The fourth-order valence-corrected chi connectivity index (χ4v) is 4.38. The highest BCUT2D eigenvalue weighted by Gasteiger charge is 2.17. The SMILES string of the molecule is CN(C)CCNc1cc(F)cc(-c2cncc3[nH]c(-c4n[nH]c5cnc(-c6cncc(N)c6)cc45)nc23)c1. The molecule has 0 spiro atoms. The molecule has 10 nitrogen and oxygen atoms in total. The van der Waals surface area contributed by atoms with Crippen LogP contribution in [0.15, 0.2) is 61.3 Å². The normalized spacial score (nSPS) is 11.6. The molecular weight excluding hydrogens is 483 g/mol. The Balaban J connectivity index is 1.40. The molecule has 6 rings (SSSR count). The number of hydrogen-bond donors (Lipinski definition) is 4. The Morgan fingerprint density at radius 1 is 0.947 bits per heavy atom. The maximum Gasteiger partial charge on any atom is 0.159 e. The molecule has 190 valence electrons. The average Bonchev–Trinajstić information content (AvgIpc) is 3.51. The molecular formula is C27H25FN10. The highest BCUT2D eigenvalue weighted by atomic mass is 19.1. The van der Waals surface area contributed by atoms with E-state index in [2.05, 4.69) is 40.3 Å². The minimum absolute atomic E-state index is 0.336. The molecule has 1 aromatic carbocycles. The van der Waals surface area contributed by atoms with Crippen molar-refractivity contribution < 1.29 is 4.39 Å². The van der Waals surface area contributed by atoms with E-state index in [-0.39, 0.29) is 5.82 Å². The third-order valence-electron chi connectivity index (χ3n) is 6.22. The largest absolute Gasteiger partial charge is 0.397 e. The quantitative estimate of drug-likeness (QED) is 0.250. The first-order valence-electron chi connectivity index (χ1n) is 12.0. The van der Waals surface area contributed by atoms with Gasteiger partial charge in [-0.2, -0.15) is 5.10 Å². The third-order valence-corrected chi connectivity index (χ3v) is 6.22. The first-order chi connectivity index (χ1) is 18.4. The fourth-order valence-electron chi connectivity index (χ4n) is 4.38. The van der Waals surface area contributed by atoms with Crippen LogP contribution >= 0.6 is 0 Å². The zero-order chi connectivity index (χ0) is 26.2. The highest BCUT2D eigenvalue weighted by Crippen LogP contribution is 2.33. The summed E-state index contributed by atoms with van der Waals surface area (Å²) in [4.78, 5) is 23.3. The van der Waals surface area contributed by atoms with Gasteiger partial charge in [0.25, 0.3) is 0 Å². The number of anilines is 2. The van der Waals surface area contributed by atoms with Crippen molar-refractivity contribution in [3.05, 3.63) is 67.1 Å². The van der Waals surface area contributed by atoms with Crippen LogP contribution in [0.25, 0.3) is 55.8 Å². The molecule has 0 amide bonds. The summed E-state index contributed by atoms with van der Waals surface area (Å²) in [5.41, 5.74) is 12.9.